The van der Waals surface area contributed by atoms with Gasteiger partial charge in [-0.15, -0.1) is 0 Å². The van der Waals surface area contributed by atoms with E-state index in [-0.39, 0.29) is 5.78 Å². The molecule has 0 spiro atoms. The van der Waals surface area contributed by atoms with Crippen molar-refractivity contribution in [1.82, 2.24) is 9.55 Å². The molecule has 1 saturated carbocycles. The molecule has 0 amide bonds. The Bertz CT molecular complexity index is 976. The van der Waals surface area contributed by atoms with Crippen LogP contribution in [0.1, 0.15) is 41.9 Å². The number of Topliss-reactive ketones (excluding diaryl/α,β-unsaturated/α-hetero) is 1. The first kappa shape index (κ1) is 16.5. The topological polar surface area (TPSA) is 61.2 Å². The highest BCUT2D eigenvalue weighted by Gasteiger charge is 2.26. The zero-order chi connectivity index (χ0) is 18.1. The number of carbonyl (C=O) groups is 2. The molecule has 3 aromatic rings. The van der Waals surface area contributed by atoms with Crippen molar-refractivity contribution >= 4 is 22.8 Å². The van der Waals surface area contributed by atoms with Crippen LogP contribution in [0.5, 0.6) is 0 Å². The van der Waals surface area contributed by atoms with Gasteiger partial charge in [0.05, 0.1) is 16.6 Å². The third kappa shape index (κ3) is 3.01. The highest BCUT2D eigenvalue weighted by atomic mass is 16.5. The Hall–Kier alpha value is -2.95. The number of hydrogen-bond donors (Lipinski definition) is 0. The molecular formula is C21H20N2O3. The number of rotatable bonds is 3. The normalized spacial score (nSPS) is 17.4. The number of carbonyl (C=O) groups excluding carboxylic acids is 2. The molecule has 132 valence electrons. The molecule has 1 aliphatic rings. The van der Waals surface area contributed by atoms with Crippen LogP contribution in [0.25, 0.3) is 16.7 Å². The molecule has 1 fully saturated rings. The van der Waals surface area contributed by atoms with Gasteiger partial charge in [0.15, 0.2) is 11.9 Å². The van der Waals surface area contributed by atoms with Crippen LogP contribution < -0.4 is 0 Å². The van der Waals surface area contributed by atoms with Crippen molar-refractivity contribution in [2.24, 2.45) is 0 Å². The van der Waals surface area contributed by atoms with Gasteiger partial charge < -0.3 is 4.74 Å². The number of ketones is 1. The standard InChI is InChI=1S/C21H20N2O3/c1-14-22-17-13-15(21(25)26-20-10-6-5-9-19(20)24)11-12-18(17)23(14)16-7-3-2-4-8-16/h2-4,7-8,11-13,20H,5-6,9-10H2,1H3/t20-/m1/s1. The molecule has 5 nitrogen and oxygen atoms in total. The Balaban J connectivity index is 1.64. The Morgan fingerprint density at radius 3 is 2.73 bits per heavy atom. The summed E-state index contributed by atoms with van der Waals surface area (Å²) in [4.78, 5) is 28.9. The predicted molar refractivity (Wildman–Crippen MR) is 98.5 cm³/mol. The average molecular weight is 348 g/mol. The molecule has 0 saturated heterocycles. The SMILES string of the molecule is Cc1nc2cc(C(=O)O[C@@H]3CCCCC3=O)ccc2n1-c1ccccc1. The van der Waals surface area contributed by atoms with Gasteiger partial charge in [-0.3, -0.25) is 9.36 Å². The fourth-order valence-corrected chi connectivity index (χ4v) is 3.50. The number of benzene rings is 2. The van der Waals surface area contributed by atoms with E-state index in [0.717, 1.165) is 35.4 Å². The molecule has 1 aliphatic carbocycles. The number of hydrogen-bond acceptors (Lipinski definition) is 4. The Kier molecular flexibility index (Phi) is 4.29. The highest BCUT2D eigenvalue weighted by molar-refractivity contribution is 5.96. The van der Waals surface area contributed by atoms with Crippen LogP contribution in [0.15, 0.2) is 48.5 Å². The largest absolute Gasteiger partial charge is 0.451 e. The third-order valence-electron chi connectivity index (χ3n) is 4.82. The number of aryl methyl sites for hydroxylation is 1. The first-order valence-electron chi connectivity index (χ1n) is 8.92. The van der Waals surface area contributed by atoms with E-state index in [1.807, 2.05) is 43.3 Å². The second-order valence-corrected chi connectivity index (χ2v) is 6.64. The second kappa shape index (κ2) is 6.75. The van der Waals surface area contributed by atoms with Crippen molar-refractivity contribution in [2.45, 2.75) is 38.7 Å². The molecule has 0 unspecified atom stereocenters. The van der Waals surface area contributed by atoms with Gasteiger partial charge in [0.1, 0.15) is 5.82 Å². The summed E-state index contributed by atoms with van der Waals surface area (Å²) < 4.78 is 7.49. The van der Waals surface area contributed by atoms with E-state index in [9.17, 15) is 9.59 Å². The summed E-state index contributed by atoms with van der Waals surface area (Å²) in [6, 6.07) is 15.3. The van der Waals surface area contributed by atoms with Gasteiger partial charge in [-0.1, -0.05) is 18.2 Å². The van der Waals surface area contributed by atoms with Gasteiger partial charge in [0, 0.05) is 12.1 Å². The number of fused-ring (bicyclic) bond motifs is 1. The number of ether oxygens (including phenoxy) is 1. The van der Waals surface area contributed by atoms with E-state index >= 15 is 0 Å². The number of esters is 1. The van der Waals surface area contributed by atoms with Gasteiger partial charge in [-0.05, 0) is 56.5 Å². The molecule has 0 N–H and O–H groups in total. The van der Waals surface area contributed by atoms with Crippen LogP contribution in [0.2, 0.25) is 0 Å². The molecule has 26 heavy (non-hydrogen) atoms. The fourth-order valence-electron chi connectivity index (χ4n) is 3.50. The Morgan fingerprint density at radius 1 is 1.15 bits per heavy atom. The van der Waals surface area contributed by atoms with Crippen molar-refractivity contribution < 1.29 is 14.3 Å². The Labute approximate surface area is 151 Å². The molecule has 0 radical (unpaired) electrons. The van der Waals surface area contributed by atoms with Crippen molar-refractivity contribution in [2.75, 3.05) is 0 Å². The number of imidazole rings is 1. The van der Waals surface area contributed by atoms with Gasteiger partial charge in [-0.2, -0.15) is 0 Å². The lowest BCUT2D eigenvalue weighted by Gasteiger charge is -2.20. The zero-order valence-electron chi connectivity index (χ0n) is 14.6. The lowest BCUT2D eigenvalue weighted by molar-refractivity contribution is -0.129. The minimum Gasteiger partial charge on any atom is -0.451 e. The second-order valence-electron chi connectivity index (χ2n) is 6.64. The maximum atomic E-state index is 12.5. The molecule has 0 bridgehead atoms. The van der Waals surface area contributed by atoms with Crippen LogP contribution >= 0.6 is 0 Å². The van der Waals surface area contributed by atoms with E-state index in [1.54, 1.807) is 12.1 Å². The molecule has 4 rings (SSSR count). The molecule has 1 heterocycles. The van der Waals surface area contributed by atoms with Gasteiger partial charge in [0.2, 0.25) is 0 Å². The lowest BCUT2D eigenvalue weighted by atomic mass is 9.96. The van der Waals surface area contributed by atoms with Crippen molar-refractivity contribution in [3.8, 4) is 5.69 Å². The fraction of sp³-hybridized carbons (Fsp3) is 0.286. The minimum absolute atomic E-state index is 0.0230. The summed E-state index contributed by atoms with van der Waals surface area (Å²) in [6.07, 6.45) is 2.32. The lowest BCUT2D eigenvalue weighted by Crippen LogP contribution is -2.30. The quantitative estimate of drug-likeness (QED) is 0.671. The number of aromatic nitrogens is 2. The van der Waals surface area contributed by atoms with E-state index < -0.39 is 12.1 Å². The van der Waals surface area contributed by atoms with Crippen LogP contribution in [0, 0.1) is 6.92 Å². The van der Waals surface area contributed by atoms with Gasteiger partial charge in [-0.25, -0.2) is 9.78 Å². The van der Waals surface area contributed by atoms with E-state index in [2.05, 4.69) is 9.55 Å². The maximum absolute atomic E-state index is 12.5. The summed E-state index contributed by atoms with van der Waals surface area (Å²) in [5.74, 6) is 0.410. The smallest absolute Gasteiger partial charge is 0.338 e. The zero-order valence-corrected chi connectivity index (χ0v) is 14.6. The van der Waals surface area contributed by atoms with Crippen molar-refractivity contribution in [3.05, 3.63) is 59.9 Å². The molecule has 1 aromatic heterocycles. The summed E-state index contributed by atoms with van der Waals surface area (Å²) in [6.45, 7) is 1.94. The Morgan fingerprint density at radius 2 is 1.96 bits per heavy atom. The number of para-hydroxylation sites is 1. The number of nitrogens with zero attached hydrogens (tertiary/aromatic N) is 2. The summed E-state index contributed by atoms with van der Waals surface area (Å²) in [5.41, 5.74) is 3.11. The average Bonchev–Trinajstić information content (AvgIpc) is 2.99. The third-order valence-corrected chi connectivity index (χ3v) is 4.82. The van der Waals surface area contributed by atoms with E-state index in [1.165, 1.54) is 0 Å². The predicted octanol–water partition coefficient (Wildman–Crippen LogP) is 4.00. The molecule has 0 aliphatic heterocycles. The van der Waals surface area contributed by atoms with E-state index in [0.29, 0.717) is 18.4 Å². The van der Waals surface area contributed by atoms with Crippen molar-refractivity contribution in [3.63, 3.8) is 0 Å². The van der Waals surface area contributed by atoms with Crippen LogP contribution in [-0.4, -0.2) is 27.4 Å². The molecule has 1 atom stereocenters. The molecular weight excluding hydrogens is 328 g/mol. The first-order chi connectivity index (χ1) is 12.6. The van der Waals surface area contributed by atoms with Crippen LogP contribution in [-0.2, 0) is 9.53 Å². The van der Waals surface area contributed by atoms with Gasteiger partial charge >= 0.3 is 5.97 Å². The monoisotopic (exact) mass is 348 g/mol. The molecule has 5 heteroatoms. The summed E-state index contributed by atoms with van der Waals surface area (Å²) in [5, 5.41) is 0. The summed E-state index contributed by atoms with van der Waals surface area (Å²) in [7, 11) is 0. The minimum atomic E-state index is -0.601. The van der Waals surface area contributed by atoms with Crippen LogP contribution in [0.4, 0.5) is 0 Å². The molecule has 2 aromatic carbocycles. The first-order valence-corrected chi connectivity index (χ1v) is 8.92. The van der Waals surface area contributed by atoms with E-state index in [4.69, 9.17) is 4.74 Å². The van der Waals surface area contributed by atoms with Gasteiger partial charge in [0.25, 0.3) is 0 Å². The summed E-state index contributed by atoms with van der Waals surface area (Å²) >= 11 is 0. The van der Waals surface area contributed by atoms with Crippen LogP contribution in [0.3, 0.4) is 0 Å². The highest BCUT2D eigenvalue weighted by Crippen LogP contribution is 2.24. The maximum Gasteiger partial charge on any atom is 0.338 e. The van der Waals surface area contributed by atoms with Crippen molar-refractivity contribution in [1.29, 1.82) is 0 Å².